The SMILES string of the molecule is Cc1ccc([C@@H](CNC(=O)c2cc(-c3ccc(Cl)cc3)on2)N(C)C)o1. The number of likely N-dealkylation sites (N-methyl/N-ethyl adjacent to an activating group) is 1. The average Bonchev–Trinajstić information content (AvgIpc) is 3.25. The van der Waals surface area contributed by atoms with E-state index in [0.29, 0.717) is 17.3 Å². The van der Waals surface area contributed by atoms with Gasteiger partial charge in [0.2, 0.25) is 0 Å². The summed E-state index contributed by atoms with van der Waals surface area (Å²) in [6, 6.07) is 12.5. The number of nitrogens with one attached hydrogen (secondary N) is 1. The minimum Gasteiger partial charge on any atom is -0.465 e. The molecule has 136 valence electrons. The minimum absolute atomic E-state index is 0.0738. The molecule has 0 bridgehead atoms. The monoisotopic (exact) mass is 373 g/mol. The first-order valence-electron chi connectivity index (χ1n) is 8.17. The molecule has 3 rings (SSSR count). The Labute approximate surface area is 156 Å². The predicted octanol–water partition coefficient (Wildman–Crippen LogP) is 3.93. The van der Waals surface area contributed by atoms with Crippen molar-refractivity contribution in [1.82, 2.24) is 15.4 Å². The largest absolute Gasteiger partial charge is 0.465 e. The Morgan fingerprint density at radius 2 is 1.96 bits per heavy atom. The van der Waals surface area contributed by atoms with Crippen molar-refractivity contribution in [2.75, 3.05) is 20.6 Å². The zero-order valence-corrected chi connectivity index (χ0v) is 15.6. The van der Waals surface area contributed by atoms with Crippen molar-refractivity contribution in [2.24, 2.45) is 0 Å². The number of amides is 1. The Hall–Kier alpha value is -2.57. The van der Waals surface area contributed by atoms with Gasteiger partial charge in [-0.2, -0.15) is 0 Å². The Morgan fingerprint density at radius 1 is 1.23 bits per heavy atom. The summed E-state index contributed by atoms with van der Waals surface area (Å²) in [5.74, 6) is 1.85. The van der Waals surface area contributed by atoms with Gasteiger partial charge in [0.05, 0.1) is 6.04 Å². The van der Waals surface area contributed by atoms with Crippen LogP contribution in [0.1, 0.15) is 28.1 Å². The Kier molecular flexibility index (Phi) is 5.44. The molecular weight excluding hydrogens is 354 g/mol. The highest BCUT2D eigenvalue weighted by molar-refractivity contribution is 6.30. The lowest BCUT2D eigenvalue weighted by atomic mass is 10.1. The van der Waals surface area contributed by atoms with E-state index < -0.39 is 0 Å². The molecule has 0 saturated heterocycles. The summed E-state index contributed by atoms with van der Waals surface area (Å²) < 4.78 is 10.9. The second-order valence-corrected chi connectivity index (χ2v) is 6.66. The van der Waals surface area contributed by atoms with Gasteiger partial charge in [0.15, 0.2) is 11.5 Å². The summed E-state index contributed by atoms with van der Waals surface area (Å²) in [5, 5.41) is 7.37. The maximum Gasteiger partial charge on any atom is 0.273 e. The summed E-state index contributed by atoms with van der Waals surface area (Å²) >= 11 is 5.88. The first-order valence-corrected chi connectivity index (χ1v) is 8.55. The van der Waals surface area contributed by atoms with Crippen molar-refractivity contribution in [1.29, 1.82) is 0 Å². The van der Waals surface area contributed by atoms with Gasteiger partial charge in [-0.15, -0.1) is 0 Å². The van der Waals surface area contributed by atoms with Crippen LogP contribution in [0.4, 0.5) is 0 Å². The van der Waals surface area contributed by atoms with Crippen molar-refractivity contribution >= 4 is 17.5 Å². The summed E-state index contributed by atoms with van der Waals surface area (Å²) in [7, 11) is 3.87. The summed E-state index contributed by atoms with van der Waals surface area (Å²) in [5.41, 5.74) is 1.03. The van der Waals surface area contributed by atoms with Crippen molar-refractivity contribution in [3.63, 3.8) is 0 Å². The molecule has 0 aliphatic rings. The Bertz CT molecular complexity index is 884. The lowest BCUT2D eigenvalue weighted by molar-refractivity contribution is 0.0930. The standard InChI is InChI=1S/C19H20ClN3O3/c1-12-4-9-17(25-12)16(23(2)3)11-21-19(24)15-10-18(26-22-15)13-5-7-14(20)8-6-13/h4-10,16H,11H2,1-3H3,(H,21,24)/t16-/m1/s1. The van der Waals surface area contributed by atoms with E-state index >= 15 is 0 Å². The van der Waals surface area contributed by atoms with Crippen molar-refractivity contribution in [3.8, 4) is 11.3 Å². The van der Waals surface area contributed by atoms with Crippen LogP contribution in [-0.4, -0.2) is 36.6 Å². The normalized spacial score (nSPS) is 12.3. The number of nitrogens with zero attached hydrogens (tertiary/aromatic N) is 2. The van der Waals surface area contributed by atoms with Crippen molar-refractivity contribution in [3.05, 3.63) is 64.7 Å². The first kappa shape index (κ1) is 18.2. The molecule has 1 aromatic carbocycles. The third-order valence-corrected chi connectivity index (χ3v) is 4.29. The maximum absolute atomic E-state index is 12.4. The molecule has 2 aromatic heterocycles. The number of furan rings is 1. The lowest BCUT2D eigenvalue weighted by Crippen LogP contribution is -2.34. The van der Waals surface area contributed by atoms with E-state index in [4.69, 9.17) is 20.5 Å². The van der Waals surface area contributed by atoms with E-state index in [0.717, 1.165) is 17.1 Å². The van der Waals surface area contributed by atoms with Gasteiger partial charge in [-0.3, -0.25) is 9.69 Å². The summed E-state index contributed by atoms with van der Waals surface area (Å²) in [6.45, 7) is 2.28. The number of hydrogen-bond acceptors (Lipinski definition) is 5. The van der Waals surface area contributed by atoms with Gasteiger partial charge >= 0.3 is 0 Å². The van der Waals surface area contributed by atoms with Crippen molar-refractivity contribution in [2.45, 2.75) is 13.0 Å². The summed E-state index contributed by atoms with van der Waals surface area (Å²) in [4.78, 5) is 14.4. The van der Waals surface area contributed by atoms with Gasteiger partial charge in [0.1, 0.15) is 11.5 Å². The topological polar surface area (TPSA) is 71.5 Å². The molecule has 0 aliphatic heterocycles. The molecule has 0 unspecified atom stereocenters. The third-order valence-electron chi connectivity index (χ3n) is 4.04. The molecule has 1 atom stereocenters. The fourth-order valence-electron chi connectivity index (χ4n) is 2.58. The van der Waals surface area contributed by atoms with Gasteiger partial charge in [0.25, 0.3) is 5.91 Å². The molecule has 3 aromatic rings. The number of aryl methyl sites for hydroxylation is 1. The van der Waals surface area contributed by atoms with Crippen LogP contribution in [0, 0.1) is 6.92 Å². The van der Waals surface area contributed by atoms with Gasteiger partial charge in [-0.05, 0) is 57.4 Å². The number of halogens is 1. The Balaban J connectivity index is 1.67. The smallest absolute Gasteiger partial charge is 0.273 e. The first-order chi connectivity index (χ1) is 12.4. The molecule has 6 nitrogen and oxygen atoms in total. The van der Waals surface area contributed by atoms with Crippen LogP contribution in [0.2, 0.25) is 5.02 Å². The second-order valence-electron chi connectivity index (χ2n) is 6.22. The predicted molar refractivity (Wildman–Crippen MR) is 99.2 cm³/mol. The maximum atomic E-state index is 12.4. The van der Waals surface area contributed by atoms with E-state index in [1.165, 1.54) is 0 Å². The second kappa shape index (κ2) is 7.76. The molecule has 1 N–H and O–H groups in total. The van der Waals surface area contributed by atoms with E-state index in [-0.39, 0.29) is 17.6 Å². The number of rotatable bonds is 6. The number of carbonyl (C=O) groups excluding carboxylic acids is 1. The number of hydrogen-bond donors (Lipinski definition) is 1. The quantitative estimate of drug-likeness (QED) is 0.708. The zero-order chi connectivity index (χ0) is 18.7. The Morgan fingerprint density at radius 3 is 2.58 bits per heavy atom. The summed E-state index contributed by atoms with van der Waals surface area (Å²) in [6.07, 6.45) is 0. The highest BCUT2D eigenvalue weighted by atomic mass is 35.5. The van der Waals surface area contributed by atoms with Crippen LogP contribution in [-0.2, 0) is 0 Å². The van der Waals surface area contributed by atoms with Crippen LogP contribution < -0.4 is 5.32 Å². The van der Waals surface area contributed by atoms with E-state index in [1.54, 1.807) is 18.2 Å². The fraction of sp³-hybridized carbons (Fsp3) is 0.263. The van der Waals surface area contributed by atoms with Crippen LogP contribution in [0.3, 0.4) is 0 Å². The van der Waals surface area contributed by atoms with E-state index in [9.17, 15) is 4.79 Å². The van der Waals surface area contributed by atoms with Crippen molar-refractivity contribution < 1.29 is 13.7 Å². The lowest BCUT2D eigenvalue weighted by Gasteiger charge is -2.22. The molecule has 0 aliphatic carbocycles. The van der Waals surface area contributed by atoms with Gasteiger partial charge in [-0.25, -0.2) is 0 Å². The number of aromatic nitrogens is 1. The van der Waals surface area contributed by atoms with Gasteiger partial charge in [-0.1, -0.05) is 16.8 Å². The molecule has 7 heteroatoms. The van der Waals surface area contributed by atoms with Crippen LogP contribution >= 0.6 is 11.6 Å². The van der Waals surface area contributed by atoms with Gasteiger partial charge in [0, 0.05) is 23.2 Å². The molecule has 2 heterocycles. The highest BCUT2D eigenvalue weighted by Crippen LogP contribution is 2.23. The van der Waals surface area contributed by atoms with E-state index in [2.05, 4.69) is 10.5 Å². The minimum atomic E-state index is -0.302. The number of carbonyl (C=O) groups is 1. The van der Waals surface area contributed by atoms with Crippen LogP contribution in [0.25, 0.3) is 11.3 Å². The average molecular weight is 374 g/mol. The molecule has 0 radical (unpaired) electrons. The molecule has 1 amide bonds. The molecule has 0 fully saturated rings. The third kappa shape index (κ3) is 4.15. The van der Waals surface area contributed by atoms with Crippen LogP contribution in [0.15, 0.2) is 51.4 Å². The molecule has 0 saturated carbocycles. The fourth-order valence-corrected chi connectivity index (χ4v) is 2.71. The number of benzene rings is 1. The molecule has 26 heavy (non-hydrogen) atoms. The van der Waals surface area contributed by atoms with Gasteiger partial charge < -0.3 is 14.3 Å². The zero-order valence-electron chi connectivity index (χ0n) is 14.8. The van der Waals surface area contributed by atoms with E-state index in [1.807, 2.05) is 50.2 Å². The molecule has 0 spiro atoms. The molecular formula is C19H20ClN3O3. The van der Waals surface area contributed by atoms with Crippen LogP contribution in [0.5, 0.6) is 0 Å². The highest BCUT2D eigenvalue weighted by Gasteiger charge is 2.20.